The van der Waals surface area contributed by atoms with E-state index in [9.17, 15) is 9.59 Å². The van der Waals surface area contributed by atoms with Crippen LogP contribution in [0.3, 0.4) is 0 Å². The van der Waals surface area contributed by atoms with Gasteiger partial charge in [0.1, 0.15) is 12.1 Å². The van der Waals surface area contributed by atoms with Crippen LogP contribution >= 0.6 is 0 Å². The maximum atomic E-state index is 10.4. The summed E-state index contributed by atoms with van der Waals surface area (Å²) in [6.45, 7) is 0. The standard InChI is InChI=1S/2C8H10N2O2/c2*9-7(8(11)12)4-6-2-1-3-10-5-6/h2*1-3,5,7H,4,9H2,(H,11,12)/t2*7-/m00/s1. The first-order valence-corrected chi connectivity index (χ1v) is 7.14. The molecule has 128 valence electrons. The number of hydrogen-bond acceptors (Lipinski definition) is 6. The van der Waals surface area contributed by atoms with Crippen molar-refractivity contribution in [3.05, 3.63) is 60.2 Å². The second-order valence-electron chi connectivity index (χ2n) is 5.02. The molecule has 2 aromatic heterocycles. The summed E-state index contributed by atoms with van der Waals surface area (Å²) in [4.78, 5) is 28.4. The van der Waals surface area contributed by atoms with Crippen LogP contribution in [0, 0.1) is 0 Å². The number of nitrogens with zero attached hydrogens (tertiary/aromatic N) is 2. The fourth-order valence-corrected chi connectivity index (χ4v) is 1.72. The Labute approximate surface area is 139 Å². The minimum Gasteiger partial charge on any atom is -0.480 e. The van der Waals surface area contributed by atoms with Gasteiger partial charge < -0.3 is 21.7 Å². The zero-order valence-corrected chi connectivity index (χ0v) is 12.9. The monoisotopic (exact) mass is 332 g/mol. The van der Waals surface area contributed by atoms with Gasteiger partial charge in [-0.15, -0.1) is 0 Å². The quantitative estimate of drug-likeness (QED) is 0.580. The van der Waals surface area contributed by atoms with Crippen molar-refractivity contribution in [2.45, 2.75) is 24.9 Å². The van der Waals surface area contributed by atoms with Crippen LogP contribution in [-0.4, -0.2) is 44.2 Å². The third-order valence-corrected chi connectivity index (χ3v) is 2.99. The molecular formula is C16H20N4O4. The molecule has 2 aromatic rings. The molecule has 0 saturated carbocycles. The molecule has 0 radical (unpaired) electrons. The van der Waals surface area contributed by atoms with E-state index in [1.54, 1.807) is 49.1 Å². The van der Waals surface area contributed by atoms with Crippen LogP contribution in [0.2, 0.25) is 0 Å². The van der Waals surface area contributed by atoms with E-state index in [1.165, 1.54) is 0 Å². The topological polar surface area (TPSA) is 152 Å². The van der Waals surface area contributed by atoms with E-state index in [0.29, 0.717) is 12.8 Å². The lowest BCUT2D eigenvalue weighted by Crippen LogP contribution is -2.32. The molecule has 0 saturated heterocycles. The summed E-state index contributed by atoms with van der Waals surface area (Å²) < 4.78 is 0. The average Bonchev–Trinajstić information content (AvgIpc) is 2.57. The van der Waals surface area contributed by atoms with Crippen molar-refractivity contribution in [2.24, 2.45) is 11.5 Å². The van der Waals surface area contributed by atoms with E-state index in [0.717, 1.165) is 11.1 Å². The Morgan fingerprint density at radius 3 is 1.50 bits per heavy atom. The minimum absolute atomic E-state index is 0.323. The van der Waals surface area contributed by atoms with E-state index in [1.807, 2.05) is 0 Å². The normalized spacial score (nSPS) is 12.4. The Balaban J connectivity index is 0.000000240. The van der Waals surface area contributed by atoms with Crippen LogP contribution in [0.5, 0.6) is 0 Å². The van der Waals surface area contributed by atoms with Gasteiger partial charge in [0, 0.05) is 24.8 Å². The van der Waals surface area contributed by atoms with Gasteiger partial charge in [0.2, 0.25) is 0 Å². The van der Waals surface area contributed by atoms with Crippen LogP contribution in [0.15, 0.2) is 49.1 Å². The summed E-state index contributed by atoms with van der Waals surface area (Å²) in [5, 5.41) is 17.0. The Kier molecular flexibility index (Phi) is 8.03. The lowest BCUT2D eigenvalue weighted by atomic mass is 10.1. The number of hydrogen-bond donors (Lipinski definition) is 4. The number of aromatic nitrogens is 2. The highest BCUT2D eigenvalue weighted by Crippen LogP contribution is 2.00. The molecule has 24 heavy (non-hydrogen) atoms. The van der Waals surface area contributed by atoms with Gasteiger partial charge in [0.25, 0.3) is 0 Å². The van der Waals surface area contributed by atoms with Crippen LogP contribution in [-0.2, 0) is 22.4 Å². The maximum absolute atomic E-state index is 10.4. The molecule has 2 rings (SSSR count). The zero-order chi connectivity index (χ0) is 17.9. The van der Waals surface area contributed by atoms with Gasteiger partial charge in [-0.2, -0.15) is 0 Å². The lowest BCUT2D eigenvalue weighted by molar-refractivity contribution is -0.139. The third kappa shape index (κ3) is 7.43. The summed E-state index contributed by atoms with van der Waals surface area (Å²) >= 11 is 0. The number of aliphatic carboxylic acids is 2. The molecule has 0 spiro atoms. The molecular weight excluding hydrogens is 312 g/mol. The van der Waals surface area contributed by atoms with Crippen molar-refractivity contribution in [1.29, 1.82) is 0 Å². The molecule has 0 unspecified atom stereocenters. The van der Waals surface area contributed by atoms with Crippen molar-refractivity contribution >= 4 is 11.9 Å². The van der Waals surface area contributed by atoms with E-state index in [2.05, 4.69) is 9.97 Å². The smallest absolute Gasteiger partial charge is 0.320 e. The van der Waals surface area contributed by atoms with Crippen LogP contribution in [0.4, 0.5) is 0 Å². The van der Waals surface area contributed by atoms with E-state index >= 15 is 0 Å². The number of pyridine rings is 2. The number of rotatable bonds is 6. The van der Waals surface area contributed by atoms with Crippen LogP contribution in [0.25, 0.3) is 0 Å². The molecule has 0 amide bonds. The molecule has 6 N–H and O–H groups in total. The summed E-state index contributed by atoms with van der Waals surface area (Å²) in [5.74, 6) is -1.97. The van der Waals surface area contributed by atoms with Crippen molar-refractivity contribution in [3.8, 4) is 0 Å². The predicted molar refractivity (Wildman–Crippen MR) is 87.1 cm³/mol. The third-order valence-electron chi connectivity index (χ3n) is 2.99. The molecule has 0 aromatic carbocycles. The van der Waals surface area contributed by atoms with Gasteiger partial charge in [0.05, 0.1) is 0 Å². The van der Waals surface area contributed by atoms with Crippen molar-refractivity contribution in [3.63, 3.8) is 0 Å². The summed E-state index contributed by atoms with van der Waals surface area (Å²) in [5.41, 5.74) is 12.3. The second-order valence-corrected chi connectivity index (χ2v) is 5.02. The van der Waals surface area contributed by atoms with Gasteiger partial charge in [-0.3, -0.25) is 19.6 Å². The number of carbonyl (C=O) groups is 2. The van der Waals surface area contributed by atoms with Gasteiger partial charge in [-0.05, 0) is 36.1 Å². The second kappa shape index (κ2) is 10.0. The van der Waals surface area contributed by atoms with Gasteiger partial charge in [0.15, 0.2) is 0 Å². The van der Waals surface area contributed by atoms with Crippen LogP contribution in [0.1, 0.15) is 11.1 Å². The molecule has 0 fully saturated rings. The molecule has 8 nitrogen and oxygen atoms in total. The fourth-order valence-electron chi connectivity index (χ4n) is 1.72. The first-order chi connectivity index (χ1) is 11.4. The summed E-state index contributed by atoms with van der Waals surface area (Å²) in [6, 6.07) is 5.43. The lowest BCUT2D eigenvalue weighted by Gasteiger charge is -2.04. The highest BCUT2D eigenvalue weighted by Gasteiger charge is 2.12. The average molecular weight is 332 g/mol. The van der Waals surface area contributed by atoms with Crippen molar-refractivity contribution < 1.29 is 19.8 Å². The molecule has 2 heterocycles. The molecule has 8 heteroatoms. The van der Waals surface area contributed by atoms with Gasteiger partial charge in [-0.25, -0.2) is 0 Å². The molecule has 0 aliphatic rings. The Morgan fingerprint density at radius 2 is 1.25 bits per heavy atom. The predicted octanol–water partition coefficient (Wildman–Crippen LogP) is 0.0720. The van der Waals surface area contributed by atoms with Crippen molar-refractivity contribution in [1.82, 2.24) is 9.97 Å². The van der Waals surface area contributed by atoms with Crippen molar-refractivity contribution in [2.75, 3.05) is 0 Å². The number of carboxylic acids is 2. The SMILES string of the molecule is N[C@@H](Cc1cccnc1)C(=O)O.N[C@@H](Cc1cccnc1)C(=O)O. The first kappa shape index (κ1) is 19.2. The maximum Gasteiger partial charge on any atom is 0.320 e. The minimum atomic E-state index is -0.987. The summed E-state index contributed by atoms with van der Waals surface area (Å²) in [6.07, 6.45) is 7.14. The fraction of sp³-hybridized carbons (Fsp3) is 0.250. The molecule has 0 aliphatic heterocycles. The largest absolute Gasteiger partial charge is 0.480 e. The molecule has 2 atom stereocenters. The molecule has 0 aliphatic carbocycles. The van der Waals surface area contributed by atoms with Gasteiger partial charge >= 0.3 is 11.9 Å². The van der Waals surface area contributed by atoms with E-state index in [4.69, 9.17) is 21.7 Å². The van der Waals surface area contributed by atoms with Gasteiger partial charge in [-0.1, -0.05) is 12.1 Å². The highest BCUT2D eigenvalue weighted by molar-refractivity contribution is 5.73. The van der Waals surface area contributed by atoms with E-state index in [-0.39, 0.29) is 0 Å². The van der Waals surface area contributed by atoms with E-state index < -0.39 is 24.0 Å². The van der Waals surface area contributed by atoms with Crippen LogP contribution < -0.4 is 11.5 Å². The summed E-state index contributed by atoms with van der Waals surface area (Å²) in [7, 11) is 0. The Hall–Kier alpha value is -2.84. The number of nitrogens with two attached hydrogens (primary N) is 2. The highest BCUT2D eigenvalue weighted by atomic mass is 16.4. The zero-order valence-electron chi connectivity index (χ0n) is 12.9. The first-order valence-electron chi connectivity index (χ1n) is 7.14. The Bertz CT molecular complexity index is 580. The molecule has 0 bridgehead atoms. The Morgan fingerprint density at radius 1 is 0.875 bits per heavy atom. The number of carboxylic acid groups (broad SMARTS) is 2.